The highest BCUT2D eigenvalue weighted by Crippen LogP contribution is 2.21. The van der Waals surface area contributed by atoms with Gasteiger partial charge in [0.2, 0.25) is 0 Å². The first-order valence-electron chi connectivity index (χ1n) is 6.39. The van der Waals surface area contributed by atoms with Crippen molar-refractivity contribution in [3.63, 3.8) is 0 Å². The van der Waals surface area contributed by atoms with Gasteiger partial charge in [0.1, 0.15) is 11.6 Å². The van der Waals surface area contributed by atoms with Crippen LogP contribution in [0.25, 0.3) is 0 Å². The number of non-ortho nitro benzene ring substituents is 1. The van der Waals surface area contributed by atoms with E-state index in [1.165, 1.54) is 24.3 Å². The van der Waals surface area contributed by atoms with Crippen LogP contribution in [0.1, 0.15) is 11.1 Å². The molecule has 0 aromatic heterocycles. The van der Waals surface area contributed by atoms with E-state index in [0.717, 1.165) is 11.6 Å². The van der Waals surface area contributed by atoms with E-state index in [0.29, 0.717) is 24.2 Å². The average Bonchev–Trinajstić information content (AvgIpc) is 2.39. The molecule has 0 aliphatic carbocycles. The zero-order valence-corrected chi connectivity index (χ0v) is 11.4. The van der Waals surface area contributed by atoms with Gasteiger partial charge >= 0.3 is 0 Å². The third-order valence-corrected chi connectivity index (χ3v) is 3.08. The molecule has 2 aromatic carbocycles. The van der Waals surface area contributed by atoms with E-state index in [1.807, 2.05) is 6.92 Å². The number of hydrogen-bond donors (Lipinski definition) is 1. The fourth-order valence-corrected chi connectivity index (χ4v) is 2.01. The summed E-state index contributed by atoms with van der Waals surface area (Å²) in [7, 11) is 0. The number of rotatable bonds is 5. The van der Waals surface area contributed by atoms with Gasteiger partial charge in [0, 0.05) is 30.4 Å². The Hall–Kier alpha value is -2.50. The lowest BCUT2D eigenvalue weighted by atomic mass is 10.1. The van der Waals surface area contributed by atoms with Crippen molar-refractivity contribution in [3.05, 3.63) is 69.3 Å². The maximum atomic E-state index is 13.0. The minimum atomic E-state index is -0.614. The Morgan fingerprint density at radius 2 is 1.81 bits per heavy atom. The summed E-state index contributed by atoms with van der Waals surface area (Å²) in [5.41, 5.74) is 2.04. The molecule has 0 unspecified atom stereocenters. The third-order valence-electron chi connectivity index (χ3n) is 3.08. The molecule has 0 spiro atoms. The van der Waals surface area contributed by atoms with Gasteiger partial charge in [-0.2, -0.15) is 0 Å². The number of benzene rings is 2. The van der Waals surface area contributed by atoms with E-state index in [-0.39, 0.29) is 5.69 Å². The van der Waals surface area contributed by atoms with Gasteiger partial charge in [0.25, 0.3) is 5.69 Å². The molecule has 6 heteroatoms. The van der Waals surface area contributed by atoms with Crippen LogP contribution in [0.2, 0.25) is 0 Å². The molecule has 2 aromatic rings. The smallest absolute Gasteiger partial charge is 0.271 e. The average molecular weight is 292 g/mol. The van der Waals surface area contributed by atoms with Gasteiger partial charge in [-0.05, 0) is 36.6 Å². The summed E-state index contributed by atoms with van der Waals surface area (Å²) in [4.78, 5) is 10.3. The van der Waals surface area contributed by atoms with Gasteiger partial charge in [-0.25, -0.2) is 8.78 Å². The highest BCUT2D eigenvalue weighted by Gasteiger charge is 2.08. The molecule has 2 rings (SSSR count). The second kappa shape index (κ2) is 6.30. The van der Waals surface area contributed by atoms with Crippen LogP contribution >= 0.6 is 0 Å². The largest absolute Gasteiger partial charge is 0.384 e. The van der Waals surface area contributed by atoms with E-state index >= 15 is 0 Å². The van der Waals surface area contributed by atoms with Crippen LogP contribution in [0.15, 0.2) is 36.4 Å². The summed E-state index contributed by atoms with van der Waals surface area (Å²) in [6.45, 7) is 2.25. The van der Waals surface area contributed by atoms with Crippen molar-refractivity contribution in [1.29, 1.82) is 0 Å². The van der Waals surface area contributed by atoms with Crippen LogP contribution < -0.4 is 5.32 Å². The maximum absolute atomic E-state index is 13.0. The minimum absolute atomic E-state index is 0.0000926. The number of hydrogen-bond acceptors (Lipinski definition) is 3. The Morgan fingerprint density at radius 3 is 2.43 bits per heavy atom. The summed E-state index contributed by atoms with van der Waals surface area (Å²) < 4.78 is 26.1. The molecule has 0 heterocycles. The number of aryl methyl sites for hydroxylation is 1. The number of nitrogens with zero attached hydrogens (tertiary/aromatic N) is 1. The Morgan fingerprint density at radius 1 is 1.14 bits per heavy atom. The normalized spacial score (nSPS) is 10.4. The van der Waals surface area contributed by atoms with E-state index in [4.69, 9.17) is 0 Å². The Labute approximate surface area is 120 Å². The van der Waals surface area contributed by atoms with Gasteiger partial charge in [0.05, 0.1) is 4.92 Å². The first kappa shape index (κ1) is 14.9. The van der Waals surface area contributed by atoms with Crippen molar-refractivity contribution in [2.24, 2.45) is 0 Å². The predicted octanol–water partition coefficient (Wildman–Crippen LogP) is 3.84. The summed E-state index contributed by atoms with van der Waals surface area (Å²) in [6.07, 6.45) is 0.414. The van der Waals surface area contributed by atoms with Crippen LogP contribution in [0, 0.1) is 28.7 Å². The molecule has 0 amide bonds. The third kappa shape index (κ3) is 3.98. The lowest BCUT2D eigenvalue weighted by Crippen LogP contribution is -2.07. The fraction of sp³-hybridized carbons (Fsp3) is 0.200. The lowest BCUT2D eigenvalue weighted by Gasteiger charge is -2.09. The first-order valence-corrected chi connectivity index (χ1v) is 6.39. The van der Waals surface area contributed by atoms with Gasteiger partial charge < -0.3 is 5.32 Å². The fourth-order valence-electron chi connectivity index (χ4n) is 2.01. The van der Waals surface area contributed by atoms with Crippen molar-refractivity contribution in [2.45, 2.75) is 13.3 Å². The summed E-state index contributed by atoms with van der Waals surface area (Å²) in [5, 5.41) is 13.8. The Kier molecular flexibility index (Phi) is 4.47. The summed E-state index contributed by atoms with van der Waals surface area (Å²) in [5.74, 6) is -1.23. The monoisotopic (exact) mass is 292 g/mol. The van der Waals surface area contributed by atoms with Gasteiger partial charge in [0.15, 0.2) is 0 Å². The molecule has 0 saturated heterocycles. The molecule has 0 atom stereocenters. The van der Waals surface area contributed by atoms with Gasteiger partial charge in [-0.15, -0.1) is 0 Å². The lowest BCUT2D eigenvalue weighted by molar-refractivity contribution is -0.384. The topological polar surface area (TPSA) is 55.2 Å². The minimum Gasteiger partial charge on any atom is -0.384 e. The van der Waals surface area contributed by atoms with Crippen LogP contribution in [0.4, 0.5) is 20.2 Å². The van der Waals surface area contributed by atoms with Crippen molar-refractivity contribution < 1.29 is 13.7 Å². The SMILES string of the molecule is Cc1ccc([N+](=O)[O-])cc1NCCc1cc(F)cc(F)c1. The summed E-state index contributed by atoms with van der Waals surface area (Å²) >= 11 is 0. The molecule has 0 radical (unpaired) electrons. The zero-order valence-electron chi connectivity index (χ0n) is 11.4. The second-order valence-corrected chi connectivity index (χ2v) is 4.71. The number of nitrogens with one attached hydrogen (secondary N) is 1. The first-order chi connectivity index (χ1) is 9.95. The number of nitro groups is 1. The van der Waals surface area contributed by atoms with Gasteiger partial charge in [-0.3, -0.25) is 10.1 Å². The number of anilines is 1. The van der Waals surface area contributed by atoms with Crippen LogP contribution in [0.5, 0.6) is 0 Å². The molecule has 0 bridgehead atoms. The predicted molar refractivity (Wildman–Crippen MR) is 76.4 cm³/mol. The van der Waals surface area contributed by atoms with Crippen molar-refractivity contribution in [1.82, 2.24) is 0 Å². The second-order valence-electron chi connectivity index (χ2n) is 4.71. The van der Waals surface area contributed by atoms with E-state index in [9.17, 15) is 18.9 Å². The van der Waals surface area contributed by atoms with E-state index in [2.05, 4.69) is 5.32 Å². The highest BCUT2D eigenvalue weighted by molar-refractivity contribution is 5.56. The quantitative estimate of drug-likeness (QED) is 0.673. The standard InChI is InChI=1S/C15H14F2N2O2/c1-10-2-3-14(19(20)21)9-15(10)18-5-4-11-6-12(16)8-13(17)7-11/h2-3,6-9,18H,4-5H2,1H3. The van der Waals surface area contributed by atoms with Crippen LogP contribution in [-0.4, -0.2) is 11.5 Å². The maximum Gasteiger partial charge on any atom is 0.271 e. The van der Waals surface area contributed by atoms with Crippen LogP contribution in [0.3, 0.4) is 0 Å². The van der Waals surface area contributed by atoms with E-state index < -0.39 is 16.6 Å². The Balaban J connectivity index is 2.03. The molecular weight excluding hydrogens is 278 g/mol. The zero-order chi connectivity index (χ0) is 15.4. The molecule has 0 saturated carbocycles. The number of halogens is 2. The molecule has 0 fully saturated rings. The molecule has 110 valence electrons. The van der Waals surface area contributed by atoms with Crippen molar-refractivity contribution >= 4 is 11.4 Å². The van der Waals surface area contributed by atoms with E-state index in [1.54, 1.807) is 6.07 Å². The highest BCUT2D eigenvalue weighted by atomic mass is 19.1. The Bertz CT molecular complexity index is 654. The van der Waals surface area contributed by atoms with Crippen molar-refractivity contribution in [3.8, 4) is 0 Å². The summed E-state index contributed by atoms with van der Waals surface area (Å²) in [6, 6.07) is 7.89. The molecule has 0 aliphatic heterocycles. The molecule has 4 nitrogen and oxygen atoms in total. The molecule has 21 heavy (non-hydrogen) atoms. The molecule has 1 N–H and O–H groups in total. The molecule has 0 aliphatic rings. The number of nitro benzene ring substituents is 1. The van der Waals surface area contributed by atoms with Gasteiger partial charge in [-0.1, -0.05) is 6.07 Å². The molecular formula is C15H14F2N2O2. The van der Waals surface area contributed by atoms with Crippen molar-refractivity contribution in [2.75, 3.05) is 11.9 Å². The van der Waals surface area contributed by atoms with Crippen LogP contribution in [-0.2, 0) is 6.42 Å².